The predicted octanol–water partition coefficient (Wildman–Crippen LogP) is 3.78. The third-order valence-electron chi connectivity index (χ3n) is 5.64. The highest BCUT2D eigenvalue weighted by Gasteiger charge is 2.36. The van der Waals surface area contributed by atoms with Gasteiger partial charge in [-0.25, -0.2) is 4.90 Å². The van der Waals surface area contributed by atoms with Crippen molar-refractivity contribution in [1.82, 2.24) is 5.32 Å². The van der Waals surface area contributed by atoms with Crippen LogP contribution in [0, 0.1) is 0 Å². The number of methoxy groups -OCH3 is 1. The molecule has 6 heteroatoms. The first-order valence-electron chi connectivity index (χ1n) is 9.66. The van der Waals surface area contributed by atoms with Gasteiger partial charge in [-0.2, -0.15) is 0 Å². The van der Waals surface area contributed by atoms with Crippen molar-refractivity contribution < 1.29 is 14.3 Å². The molecule has 0 spiro atoms. The summed E-state index contributed by atoms with van der Waals surface area (Å²) in [5, 5.41) is 4.95. The Bertz CT molecular complexity index is 1270. The number of nitrogens with zero attached hydrogens (tertiary/aromatic N) is 1. The largest absolute Gasteiger partial charge is 0.495 e. The highest BCUT2D eigenvalue weighted by Crippen LogP contribution is 2.35. The number of rotatable bonds is 3. The first kappa shape index (κ1) is 18.5. The average Bonchev–Trinajstić information content (AvgIpc) is 3.17. The van der Waals surface area contributed by atoms with Crippen LogP contribution in [-0.4, -0.2) is 24.0 Å². The highest BCUT2D eigenvalue weighted by atomic mass is 32.1. The summed E-state index contributed by atoms with van der Waals surface area (Å²) >= 11 is 5.30. The molecule has 2 aliphatic rings. The summed E-state index contributed by atoms with van der Waals surface area (Å²) < 4.78 is 5.38. The zero-order chi connectivity index (χ0) is 20.8. The minimum Gasteiger partial charge on any atom is -0.495 e. The number of carbonyl (C=O) groups is 2. The van der Waals surface area contributed by atoms with Crippen molar-refractivity contribution in [1.29, 1.82) is 0 Å². The maximum atomic E-state index is 13.4. The van der Waals surface area contributed by atoms with E-state index in [1.165, 1.54) is 28.5 Å². The van der Waals surface area contributed by atoms with Crippen LogP contribution in [-0.2, 0) is 22.4 Å². The smallest absolute Gasteiger partial charge is 0.270 e. The molecule has 0 aromatic heterocycles. The second-order valence-corrected chi connectivity index (χ2v) is 7.67. The Hall–Kier alpha value is -3.51. The molecule has 1 fully saturated rings. The van der Waals surface area contributed by atoms with Crippen LogP contribution in [0.3, 0.4) is 0 Å². The Morgan fingerprint density at radius 1 is 1.00 bits per heavy atom. The maximum absolute atomic E-state index is 13.4. The molecule has 0 unspecified atom stereocenters. The molecule has 30 heavy (non-hydrogen) atoms. The van der Waals surface area contributed by atoms with Crippen LogP contribution >= 0.6 is 12.2 Å². The van der Waals surface area contributed by atoms with Crippen molar-refractivity contribution in [3.63, 3.8) is 0 Å². The second kappa shape index (κ2) is 7.07. The van der Waals surface area contributed by atoms with Gasteiger partial charge in [-0.1, -0.05) is 42.5 Å². The topological polar surface area (TPSA) is 58.6 Å². The minimum atomic E-state index is -0.501. The Balaban J connectivity index is 1.64. The minimum absolute atomic E-state index is 0.0343. The van der Waals surface area contributed by atoms with Gasteiger partial charge in [0.2, 0.25) is 0 Å². The number of anilines is 1. The fourth-order valence-electron chi connectivity index (χ4n) is 4.24. The van der Waals surface area contributed by atoms with Crippen molar-refractivity contribution in [2.24, 2.45) is 0 Å². The molecule has 1 aliphatic carbocycles. The van der Waals surface area contributed by atoms with Gasteiger partial charge < -0.3 is 4.74 Å². The van der Waals surface area contributed by atoms with Gasteiger partial charge in [0.15, 0.2) is 5.11 Å². The Labute approximate surface area is 178 Å². The lowest BCUT2D eigenvalue weighted by Crippen LogP contribution is -2.54. The monoisotopic (exact) mass is 414 g/mol. The van der Waals surface area contributed by atoms with Crippen LogP contribution in [0.25, 0.3) is 16.8 Å². The number of thiocarbonyl (C=S) groups is 1. The summed E-state index contributed by atoms with van der Waals surface area (Å²) in [5.41, 5.74) is 3.97. The van der Waals surface area contributed by atoms with Gasteiger partial charge in [-0.15, -0.1) is 0 Å². The molecule has 148 valence electrons. The molecule has 3 aromatic carbocycles. The van der Waals surface area contributed by atoms with E-state index in [0.29, 0.717) is 11.4 Å². The number of hydrogen-bond acceptors (Lipinski definition) is 4. The van der Waals surface area contributed by atoms with E-state index >= 15 is 0 Å². The van der Waals surface area contributed by atoms with Crippen LogP contribution in [0.15, 0.2) is 60.2 Å². The molecule has 2 amide bonds. The van der Waals surface area contributed by atoms with Crippen molar-refractivity contribution in [3.05, 3.63) is 76.9 Å². The average molecular weight is 414 g/mol. The first-order chi connectivity index (χ1) is 14.6. The van der Waals surface area contributed by atoms with Crippen LogP contribution < -0.4 is 15.0 Å². The number of para-hydroxylation sites is 2. The Morgan fingerprint density at radius 2 is 1.77 bits per heavy atom. The van der Waals surface area contributed by atoms with E-state index in [9.17, 15) is 9.59 Å². The van der Waals surface area contributed by atoms with Crippen LogP contribution in [0.5, 0.6) is 5.75 Å². The third-order valence-corrected chi connectivity index (χ3v) is 5.92. The Kier molecular flexibility index (Phi) is 4.37. The lowest BCUT2D eigenvalue weighted by molar-refractivity contribution is -0.122. The second-order valence-electron chi connectivity index (χ2n) is 7.28. The van der Waals surface area contributed by atoms with E-state index in [2.05, 4.69) is 17.4 Å². The molecule has 0 radical (unpaired) electrons. The summed E-state index contributed by atoms with van der Waals surface area (Å²) in [6.07, 6.45) is 3.69. The third kappa shape index (κ3) is 2.80. The molecule has 3 aromatic rings. The number of amides is 2. The van der Waals surface area contributed by atoms with E-state index in [-0.39, 0.29) is 10.7 Å². The number of ether oxygens (including phenoxy) is 1. The van der Waals surface area contributed by atoms with Gasteiger partial charge in [0.1, 0.15) is 11.3 Å². The van der Waals surface area contributed by atoms with Crippen molar-refractivity contribution in [3.8, 4) is 5.75 Å². The van der Waals surface area contributed by atoms with E-state index in [4.69, 9.17) is 17.0 Å². The van der Waals surface area contributed by atoms with E-state index in [1.807, 2.05) is 24.3 Å². The number of carbonyl (C=O) groups excluding carboxylic acids is 2. The summed E-state index contributed by atoms with van der Waals surface area (Å²) in [6.45, 7) is 0. The predicted molar refractivity (Wildman–Crippen MR) is 121 cm³/mol. The molecular formula is C24H18N2O3S. The Morgan fingerprint density at radius 3 is 2.57 bits per heavy atom. The molecule has 1 aliphatic heterocycles. The molecule has 0 bridgehead atoms. The van der Waals surface area contributed by atoms with Crippen LogP contribution in [0.1, 0.15) is 16.7 Å². The van der Waals surface area contributed by atoms with Gasteiger partial charge in [-0.05, 0) is 70.7 Å². The molecule has 5 nitrogen and oxygen atoms in total. The molecule has 1 saturated heterocycles. The first-order valence-corrected chi connectivity index (χ1v) is 10.1. The summed E-state index contributed by atoms with van der Waals surface area (Å²) in [4.78, 5) is 27.3. The van der Waals surface area contributed by atoms with E-state index in [1.54, 1.807) is 24.3 Å². The van der Waals surface area contributed by atoms with Gasteiger partial charge in [0.25, 0.3) is 11.8 Å². The van der Waals surface area contributed by atoms with Crippen LogP contribution in [0.2, 0.25) is 0 Å². The zero-order valence-electron chi connectivity index (χ0n) is 16.3. The molecule has 1 N–H and O–H groups in total. The summed E-state index contributed by atoms with van der Waals surface area (Å²) in [7, 11) is 1.53. The van der Waals surface area contributed by atoms with E-state index in [0.717, 1.165) is 23.8 Å². The number of hydrogen-bond donors (Lipinski definition) is 1. The molecule has 5 rings (SSSR count). The van der Waals surface area contributed by atoms with Gasteiger partial charge in [-0.3, -0.25) is 14.9 Å². The summed E-state index contributed by atoms with van der Waals surface area (Å²) in [6, 6.07) is 17.3. The van der Waals surface area contributed by atoms with Gasteiger partial charge in [0, 0.05) is 0 Å². The number of benzene rings is 3. The van der Waals surface area contributed by atoms with Crippen molar-refractivity contribution in [2.45, 2.75) is 12.8 Å². The fraction of sp³-hybridized carbons (Fsp3) is 0.125. The molecular weight excluding hydrogens is 396 g/mol. The highest BCUT2D eigenvalue weighted by molar-refractivity contribution is 7.80. The molecule has 0 atom stereocenters. The zero-order valence-corrected chi connectivity index (χ0v) is 17.1. The lowest BCUT2D eigenvalue weighted by Gasteiger charge is -2.29. The number of nitrogens with one attached hydrogen (secondary N) is 1. The standard InChI is InChI=1S/C24H18N2O3S/c1-29-20-8-3-2-7-19(20)26-23(28)18(22(27)25-24(26)30)13-16-12-11-15-10-9-14-5-4-6-17(16)21(14)15/h2-8,11-13H,9-10H2,1H3,(H,25,27,30)/b18-13-. The van der Waals surface area contributed by atoms with Gasteiger partial charge in [0.05, 0.1) is 12.8 Å². The SMILES string of the molecule is COc1ccccc1N1C(=O)/C(=C\c2ccc3c4c(cccc24)CC3)C(=O)NC1=S. The van der Waals surface area contributed by atoms with E-state index < -0.39 is 11.8 Å². The number of aryl methyl sites for hydroxylation is 2. The van der Waals surface area contributed by atoms with Crippen molar-refractivity contribution >= 4 is 51.7 Å². The van der Waals surface area contributed by atoms with Crippen LogP contribution in [0.4, 0.5) is 5.69 Å². The fourth-order valence-corrected chi connectivity index (χ4v) is 4.52. The normalized spacial score (nSPS) is 17.0. The van der Waals surface area contributed by atoms with Crippen molar-refractivity contribution in [2.75, 3.05) is 12.0 Å². The van der Waals surface area contributed by atoms with Gasteiger partial charge >= 0.3 is 0 Å². The molecule has 0 saturated carbocycles. The quantitative estimate of drug-likeness (QED) is 0.403. The maximum Gasteiger partial charge on any atom is 0.270 e. The summed E-state index contributed by atoms with van der Waals surface area (Å²) in [5.74, 6) is -0.482. The lowest BCUT2D eigenvalue weighted by atomic mass is 9.97. The molecule has 1 heterocycles.